The van der Waals surface area contributed by atoms with Crippen LogP contribution in [-0.2, 0) is 24.2 Å². The van der Waals surface area contributed by atoms with Gasteiger partial charge in [-0.2, -0.15) is 0 Å². The molecular weight excluding hydrogens is 328 g/mol. The van der Waals surface area contributed by atoms with Crippen LogP contribution >= 0.6 is 11.6 Å². The summed E-state index contributed by atoms with van der Waals surface area (Å²) < 4.78 is 1.36. The first-order valence-electron chi connectivity index (χ1n) is 7.88. The number of hydrogen-bond acceptors (Lipinski definition) is 4. The van der Waals surface area contributed by atoms with Crippen molar-refractivity contribution in [1.82, 2.24) is 14.9 Å². The fraction of sp³-hybridized carbons (Fsp3) is 0.353. The summed E-state index contributed by atoms with van der Waals surface area (Å²) in [5.74, 6) is -0.282. The minimum atomic E-state index is -0.282. The number of halogens is 1. The SMILES string of the molecule is Cc1ccc(Cl)cc1NC(=O)Cn1cnc2c(c1=O)CCNCC2. The van der Waals surface area contributed by atoms with Crippen LogP contribution in [0, 0.1) is 6.92 Å². The van der Waals surface area contributed by atoms with Gasteiger partial charge in [0.15, 0.2) is 0 Å². The quantitative estimate of drug-likeness (QED) is 0.883. The van der Waals surface area contributed by atoms with E-state index in [-0.39, 0.29) is 18.0 Å². The summed E-state index contributed by atoms with van der Waals surface area (Å²) >= 11 is 5.96. The van der Waals surface area contributed by atoms with Crippen molar-refractivity contribution in [1.29, 1.82) is 0 Å². The molecule has 24 heavy (non-hydrogen) atoms. The van der Waals surface area contributed by atoms with Gasteiger partial charge in [-0.15, -0.1) is 0 Å². The van der Waals surface area contributed by atoms with Crippen molar-refractivity contribution in [3.63, 3.8) is 0 Å². The number of amides is 1. The Morgan fingerprint density at radius 1 is 1.38 bits per heavy atom. The van der Waals surface area contributed by atoms with Crippen LogP contribution in [0.3, 0.4) is 0 Å². The molecule has 0 aliphatic carbocycles. The second kappa shape index (κ2) is 7.15. The number of aromatic nitrogens is 2. The molecule has 126 valence electrons. The Bertz CT molecular complexity index is 832. The van der Waals surface area contributed by atoms with Gasteiger partial charge >= 0.3 is 0 Å². The van der Waals surface area contributed by atoms with Gasteiger partial charge in [0.05, 0.1) is 12.0 Å². The molecular formula is C17H19ClN4O2. The third kappa shape index (κ3) is 3.66. The van der Waals surface area contributed by atoms with Crippen molar-refractivity contribution in [2.45, 2.75) is 26.3 Å². The lowest BCUT2D eigenvalue weighted by molar-refractivity contribution is -0.116. The molecule has 1 aromatic carbocycles. The van der Waals surface area contributed by atoms with Gasteiger partial charge < -0.3 is 10.6 Å². The number of fused-ring (bicyclic) bond motifs is 1. The molecule has 1 aliphatic rings. The summed E-state index contributed by atoms with van der Waals surface area (Å²) in [7, 11) is 0. The van der Waals surface area contributed by atoms with Crippen LogP contribution in [0.1, 0.15) is 16.8 Å². The van der Waals surface area contributed by atoms with Crippen LogP contribution < -0.4 is 16.2 Å². The van der Waals surface area contributed by atoms with Crippen LogP contribution in [0.5, 0.6) is 0 Å². The van der Waals surface area contributed by atoms with Gasteiger partial charge in [-0.3, -0.25) is 14.2 Å². The van der Waals surface area contributed by atoms with E-state index in [9.17, 15) is 9.59 Å². The molecule has 0 fully saturated rings. The van der Waals surface area contributed by atoms with Gasteiger partial charge in [0.2, 0.25) is 5.91 Å². The van der Waals surface area contributed by atoms with Gasteiger partial charge in [0.25, 0.3) is 5.56 Å². The molecule has 0 radical (unpaired) electrons. The summed E-state index contributed by atoms with van der Waals surface area (Å²) in [5, 5.41) is 6.59. The van der Waals surface area contributed by atoms with E-state index >= 15 is 0 Å². The molecule has 0 unspecified atom stereocenters. The Morgan fingerprint density at radius 2 is 2.17 bits per heavy atom. The first kappa shape index (κ1) is 16.7. The van der Waals surface area contributed by atoms with E-state index in [0.717, 1.165) is 30.8 Å². The highest BCUT2D eigenvalue weighted by molar-refractivity contribution is 6.31. The zero-order valence-electron chi connectivity index (χ0n) is 13.4. The van der Waals surface area contributed by atoms with Crippen molar-refractivity contribution < 1.29 is 4.79 Å². The number of aryl methyl sites for hydroxylation is 1. The number of carbonyl (C=O) groups is 1. The van der Waals surface area contributed by atoms with Crippen molar-refractivity contribution in [2.75, 3.05) is 18.4 Å². The van der Waals surface area contributed by atoms with Gasteiger partial charge in [0, 0.05) is 29.2 Å². The van der Waals surface area contributed by atoms with Crippen LogP contribution in [0.2, 0.25) is 5.02 Å². The fourth-order valence-electron chi connectivity index (χ4n) is 2.76. The van der Waals surface area contributed by atoms with Gasteiger partial charge in [-0.25, -0.2) is 4.98 Å². The molecule has 7 heteroatoms. The highest BCUT2D eigenvalue weighted by atomic mass is 35.5. The van der Waals surface area contributed by atoms with Crippen molar-refractivity contribution >= 4 is 23.2 Å². The minimum absolute atomic E-state index is 0.0709. The molecule has 2 N–H and O–H groups in total. The number of hydrogen-bond donors (Lipinski definition) is 2. The lowest BCUT2D eigenvalue weighted by atomic mass is 10.1. The summed E-state index contributed by atoms with van der Waals surface area (Å²) in [4.78, 5) is 29.2. The molecule has 0 saturated heterocycles. The maximum Gasteiger partial charge on any atom is 0.257 e. The number of nitrogens with zero attached hydrogens (tertiary/aromatic N) is 2. The Labute approximate surface area is 144 Å². The molecule has 0 saturated carbocycles. The normalized spacial score (nSPS) is 13.9. The average Bonchev–Trinajstić information content (AvgIpc) is 2.79. The maximum absolute atomic E-state index is 12.6. The number of carbonyl (C=O) groups excluding carboxylic acids is 1. The lowest BCUT2D eigenvalue weighted by Gasteiger charge is -2.11. The molecule has 1 amide bonds. The fourth-order valence-corrected chi connectivity index (χ4v) is 2.94. The van der Waals surface area contributed by atoms with Crippen LogP contribution in [0.4, 0.5) is 5.69 Å². The minimum Gasteiger partial charge on any atom is -0.324 e. The summed E-state index contributed by atoms with van der Waals surface area (Å²) in [6.07, 6.45) is 2.83. The van der Waals surface area contributed by atoms with E-state index in [1.54, 1.807) is 12.1 Å². The third-order valence-corrected chi connectivity index (χ3v) is 4.33. The maximum atomic E-state index is 12.6. The topological polar surface area (TPSA) is 76.0 Å². The van der Waals surface area contributed by atoms with Crippen LogP contribution in [0.25, 0.3) is 0 Å². The molecule has 3 rings (SSSR count). The van der Waals surface area contributed by atoms with Crippen molar-refractivity contribution in [3.05, 3.63) is 56.7 Å². The largest absolute Gasteiger partial charge is 0.324 e. The summed E-state index contributed by atoms with van der Waals surface area (Å²) in [5.41, 5.74) is 2.95. The zero-order valence-corrected chi connectivity index (χ0v) is 14.2. The molecule has 2 heterocycles. The Balaban J connectivity index is 1.78. The van der Waals surface area contributed by atoms with E-state index in [0.29, 0.717) is 22.7 Å². The molecule has 1 aromatic heterocycles. The lowest BCUT2D eigenvalue weighted by Crippen LogP contribution is -2.31. The zero-order chi connectivity index (χ0) is 17.1. The molecule has 0 spiro atoms. The Hall–Kier alpha value is -2.18. The molecule has 6 nitrogen and oxygen atoms in total. The molecule has 1 aliphatic heterocycles. The molecule has 0 bridgehead atoms. The average molecular weight is 347 g/mol. The van der Waals surface area contributed by atoms with Gasteiger partial charge in [-0.1, -0.05) is 17.7 Å². The Morgan fingerprint density at radius 3 is 3.00 bits per heavy atom. The third-order valence-electron chi connectivity index (χ3n) is 4.10. The number of anilines is 1. The number of nitrogens with one attached hydrogen (secondary N) is 2. The smallest absolute Gasteiger partial charge is 0.257 e. The van der Waals surface area contributed by atoms with E-state index in [1.807, 2.05) is 13.0 Å². The Kier molecular flexibility index (Phi) is 4.97. The standard InChI is InChI=1S/C17H19ClN4O2/c1-11-2-3-12(18)8-15(11)21-16(23)9-22-10-20-14-5-7-19-6-4-13(14)17(22)24/h2-3,8,10,19H,4-7,9H2,1H3,(H,21,23). The van der Waals surface area contributed by atoms with Gasteiger partial charge in [0.1, 0.15) is 6.54 Å². The summed E-state index contributed by atoms with van der Waals surface area (Å²) in [6, 6.07) is 5.29. The van der Waals surface area contributed by atoms with E-state index < -0.39 is 0 Å². The van der Waals surface area contributed by atoms with Crippen molar-refractivity contribution in [2.24, 2.45) is 0 Å². The number of rotatable bonds is 3. The molecule has 0 atom stereocenters. The predicted molar refractivity (Wildman–Crippen MR) is 93.6 cm³/mol. The summed E-state index contributed by atoms with van der Waals surface area (Å²) in [6.45, 7) is 3.38. The van der Waals surface area contributed by atoms with Crippen LogP contribution in [-0.4, -0.2) is 28.5 Å². The first-order valence-corrected chi connectivity index (χ1v) is 8.26. The highest BCUT2D eigenvalue weighted by Crippen LogP contribution is 2.20. The van der Waals surface area contributed by atoms with Crippen LogP contribution in [0.15, 0.2) is 29.3 Å². The van der Waals surface area contributed by atoms with E-state index in [1.165, 1.54) is 10.9 Å². The van der Waals surface area contributed by atoms with Crippen molar-refractivity contribution in [3.8, 4) is 0 Å². The molecule has 2 aromatic rings. The second-order valence-electron chi connectivity index (χ2n) is 5.86. The predicted octanol–water partition coefficient (Wildman–Crippen LogP) is 1.53. The highest BCUT2D eigenvalue weighted by Gasteiger charge is 2.15. The van der Waals surface area contributed by atoms with Gasteiger partial charge in [-0.05, 0) is 37.6 Å². The second-order valence-corrected chi connectivity index (χ2v) is 6.30. The number of benzene rings is 1. The monoisotopic (exact) mass is 346 g/mol. The van der Waals surface area contributed by atoms with E-state index in [4.69, 9.17) is 11.6 Å². The van der Waals surface area contributed by atoms with E-state index in [2.05, 4.69) is 15.6 Å². The first-order chi connectivity index (χ1) is 11.5.